The van der Waals surface area contributed by atoms with Gasteiger partial charge in [-0.1, -0.05) is 45.7 Å². The molecule has 1 rings (SSSR count). The Morgan fingerprint density at radius 1 is 1.35 bits per heavy atom. The van der Waals surface area contributed by atoms with Gasteiger partial charge in [-0.15, -0.1) is 12.4 Å². The first-order valence-corrected chi connectivity index (χ1v) is 8.19. The van der Waals surface area contributed by atoms with E-state index < -0.39 is 0 Å². The minimum Gasteiger partial charge on any atom is -0.352 e. The molecule has 0 spiro atoms. The number of halogens is 1. The highest BCUT2D eigenvalue weighted by atomic mass is 35.5. The molecule has 1 amide bonds. The molecule has 7 heteroatoms. The SMILES string of the molecule is CCCCC(CN)NC(=O)CCCc1nc(C(C)(C)C)no1.Cl. The summed E-state index contributed by atoms with van der Waals surface area (Å²) in [5.74, 6) is 1.34. The summed E-state index contributed by atoms with van der Waals surface area (Å²) in [6, 6.07) is 0.0864. The van der Waals surface area contributed by atoms with Crippen LogP contribution in [0, 0.1) is 0 Å². The summed E-state index contributed by atoms with van der Waals surface area (Å²) < 4.78 is 5.22. The number of aromatic nitrogens is 2. The maximum atomic E-state index is 11.9. The second-order valence-electron chi connectivity index (χ2n) is 6.76. The third-order valence-electron chi connectivity index (χ3n) is 3.49. The average Bonchev–Trinajstić information content (AvgIpc) is 2.92. The van der Waals surface area contributed by atoms with E-state index in [1.54, 1.807) is 0 Å². The lowest BCUT2D eigenvalue weighted by Crippen LogP contribution is -2.40. The van der Waals surface area contributed by atoms with Crippen molar-refractivity contribution in [2.75, 3.05) is 6.54 Å². The molecule has 0 aromatic carbocycles. The van der Waals surface area contributed by atoms with Gasteiger partial charge in [0.1, 0.15) is 0 Å². The van der Waals surface area contributed by atoms with Crippen LogP contribution in [0.3, 0.4) is 0 Å². The number of carbonyl (C=O) groups excluding carboxylic acids is 1. The number of hydrogen-bond acceptors (Lipinski definition) is 5. The third-order valence-corrected chi connectivity index (χ3v) is 3.49. The largest absolute Gasteiger partial charge is 0.352 e. The fraction of sp³-hybridized carbons (Fsp3) is 0.812. The molecule has 0 aliphatic carbocycles. The van der Waals surface area contributed by atoms with E-state index in [1.165, 1.54) is 0 Å². The number of nitrogens with one attached hydrogen (secondary N) is 1. The van der Waals surface area contributed by atoms with Crippen LogP contribution in [-0.2, 0) is 16.6 Å². The molecule has 0 bridgehead atoms. The highest BCUT2D eigenvalue weighted by Gasteiger charge is 2.20. The summed E-state index contributed by atoms with van der Waals surface area (Å²) in [7, 11) is 0. The molecule has 0 aliphatic rings. The van der Waals surface area contributed by atoms with Crippen molar-refractivity contribution in [1.29, 1.82) is 0 Å². The van der Waals surface area contributed by atoms with Crippen molar-refractivity contribution in [3.8, 4) is 0 Å². The van der Waals surface area contributed by atoms with E-state index in [2.05, 4.69) is 22.4 Å². The molecule has 0 radical (unpaired) electrons. The third kappa shape index (κ3) is 8.32. The molecule has 0 saturated heterocycles. The van der Waals surface area contributed by atoms with E-state index in [9.17, 15) is 4.79 Å². The van der Waals surface area contributed by atoms with Crippen molar-refractivity contribution in [3.05, 3.63) is 11.7 Å². The molecule has 0 aliphatic heterocycles. The number of aryl methyl sites for hydroxylation is 1. The average molecular weight is 347 g/mol. The maximum Gasteiger partial charge on any atom is 0.226 e. The topological polar surface area (TPSA) is 94.0 Å². The molecule has 1 heterocycles. The summed E-state index contributed by atoms with van der Waals surface area (Å²) in [4.78, 5) is 16.3. The summed E-state index contributed by atoms with van der Waals surface area (Å²) in [6.07, 6.45) is 4.91. The number of carbonyl (C=O) groups is 1. The monoisotopic (exact) mass is 346 g/mol. The van der Waals surface area contributed by atoms with Gasteiger partial charge in [0.25, 0.3) is 0 Å². The number of nitrogens with zero attached hydrogens (tertiary/aromatic N) is 2. The van der Waals surface area contributed by atoms with Gasteiger partial charge in [-0.05, 0) is 12.8 Å². The van der Waals surface area contributed by atoms with Gasteiger partial charge < -0.3 is 15.6 Å². The van der Waals surface area contributed by atoms with Crippen LogP contribution in [-0.4, -0.2) is 28.6 Å². The summed E-state index contributed by atoms with van der Waals surface area (Å²) in [6.45, 7) is 8.74. The van der Waals surface area contributed by atoms with Crippen LogP contribution in [0.4, 0.5) is 0 Å². The molecule has 1 atom stereocenters. The molecule has 3 N–H and O–H groups in total. The van der Waals surface area contributed by atoms with Gasteiger partial charge >= 0.3 is 0 Å². The fourth-order valence-corrected chi connectivity index (χ4v) is 2.06. The van der Waals surface area contributed by atoms with Crippen molar-refractivity contribution in [1.82, 2.24) is 15.5 Å². The molecule has 0 saturated carbocycles. The molecule has 134 valence electrons. The normalized spacial score (nSPS) is 12.6. The number of hydrogen-bond donors (Lipinski definition) is 2. The molecule has 6 nitrogen and oxygen atoms in total. The molecule has 1 unspecified atom stereocenters. The smallest absolute Gasteiger partial charge is 0.226 e. The lowest BCUT2D eigenvalue weighted by atomic mass is 9.96. The van der Waals surface area contributed by atoms with Gasteiger partial charge in [0, 0.05) is 30.8 Å². The van der Waals surface area contributed by atoms with Gasteiger partial charge in [-0.3, -0.25) is 4.79 Å². The highest BCUT2D eigenvalue weighted by molar-refractivity contribution is 5.85. The lowest BCUT2D eigenvalue weighted by molar-refractivity contribution is -0.121. The number of nitrogens with two attached hydrogens (primary N) is 1. The molecular weight excluding hydrogens is 316 g/mol. The van der Waals surface area contributed by atoms with Gasteiger partial charge in [-0.25, -0.2) is 0 Å². The first-order valence-electron chi connectivity index (χ1n) is 8.19. The van der Waals surface area contributed by atoms with Crippen LogP contribution in [0.25, 0.3) is 0 Å². The summed E-state index contributed by atoms with van der Waals surface area (Å²) in [5.41, 5.74) is 5.56. The predicted octanol–water partition coefficient (Wildman–Crippen LogP) is 2.75. The Hall–Kier alpha value is -1.14. The molecule has 0 fully saturated rings. The first kappa shape index (κ1) is 21.9. The van der Waals surface area contributed by atoms with Crippen molar-refractivity contribution in [2.45, 2.75) is 77.7 Å². The summed E-state index contributed by atoms with van der Waals surface area (Å²) >= 11 is 0. The van der Waals surface area contributed by atoms with Gasteiger partial charge in [0.15, 0.2) is 5.82 Å². The zero-order valence-electron chi connectivity index (χ0n) is 14.7. The minimum absolute atomic E-state index is 0. The van der Waals surface area contributed by atoms with Crippen LogP contribution in [0.2, 0.25) is 0 Å². The quantitative estimate of drug-likeness (QED) is 0.717. The Balaban J connectivity index is 0.00000484. The van der Waals surface area contributed by atoms with Crippen LogP contribution < -0.4 is 11.1 Å². The Morgan fingerprint density at radius 2 is 2.04 bits per heavy atom. The van der Waals surface area contributed by atoms with Gasteiger partial charge in [0.05, 0.1) is 0 Å². The zero-order valence-corrected chi connectivity index (χ0v) is 15.5. The molecule has 23 heavy (non-hydrogen) atoms. The Kier molecular flexibility index (Phi) is 10.1. The van der Waals surface area contributed by atoms with Crippen LogP contribution in [0.1, 0.15) is 71.5 Å². The zero-order chi connectivity index (χ0) is 16.6. The van der Waals surface area contributed by atoms with Crippen LogP contribution in [0.5, 0.6) is 0 Å². The van der Waals surface area contributed by atoms with Crippen LogP contribution >= 0.6 is 12.4 Å². The van der Waals surface area contributed by atoms with E-state index in [0.717, 1.165) is 19.3 Å². The molecule has 1 aromatic rings. The standard InChI is InChI=1S/C16H30N4O2.ClH/c1-5-6-8-12(11-17)18-13(21)9-7-10-14-19-15(20-22-14)16(2,3)4;/h12H,5-11,17H2,1-4H3,(H,18,21);1H. The van der Waals surface area contributed by atoms with E-state index >= 15 is 0 Å². The van der Waals surface area contributed by atoms with E-state index in [4.69, 9.17) is 10.3 Å². The van der Waals surface area contributed by atoms with Crippen molar-refractivity contribution >= 4 is 18.3 Å². The first-order chi connectivity index (χ1) is 10.4. The second kappa shape index (κ2) is 10.6. The van der Waals surface area contributed by atoms with E-state index in [-0.39, 0.29) is 29.8 Å². The predicted molar refractivity (Wildman–Crippen MR) is 93.7 cm³/mol. The Bertz CT molecular complexity index is 457. The number of amides is 1. The van der Waals surface area contributed by atoms with Crippen molar-refractivity contribution in [3.63, 3.8) is 0 Å². The lowest BCUT2D eigenvalue weighted by Gasteiger charge is -2.16. The van der Waals surface area contributed by atoms with Crippen molar-refractivity contribution in [2.24, 2.45) is 5.73 Å². The van der Waals surface area contributed by atoms with E-state index in [0.29, 0.717) is 37.5 Å². The van der Waals surface area contributed by atoms with Gasteiger partial charge in [-0.2, -0.15) is 4.98 Å². The summed E-state index contributed by atoms with van der Waals surface area (Å²) in [5, 5.41) is 6.96. The molecular formula is C16H31ClN4O2. The maximum absolute atomic E-state index is 11.9. The van der Waals surface area contributed by atoms with Crippen molar-refractivity contribution < 1.29 is 9.32 Å². The van der Waals surface area contributed by atoms with E-state index in [1.807, 2.05) is 20.8 Å². The number of unbranched alkanes of at least 4 members (excludes halogenated alkanes) is 1. The molecule has 1 aromatic heterocycles. The van der Waals surface area contributed by atoms with Crippen LogP contribution in [0.15, 0.2) is 4.52 Å². The Morgan fingerprint density at radius 3 is 2.57 bits per heavy atom. The van der Waals surface area contributed by atoms with Gasteiger partial charge in [0.2, 0.25) is 11.8 Å². The highest BCUT2D eigenvalue weighted by Crippen LogP contribution is 2.18. The number of rotatable bonds is 9. The Labute approximate surface area is 145 Å². The fourth-order valence-electron chi connectivity index (χ4n) is 2.06. The minimum atomic E-state index is -0.118. The second-order valence-corrected chi connectivity index (χ2v) is 6.76.